The zero-order valence-electron chi connectivity index (χ0n) is 9.24. The largest absolute Gasteiger partial charge is 0.481 e. The van der Waals surface area contributed by atoms with Crippen molar-refractivity contribution in [1.82, 2.24) is 0 Å². The van der Waals surface area contributed by atoms with Gasteiger partial charge in [0, 0.05) is 4.83 Å². The quantitative estimate of drug-likeness (QED) is 0.617. The number of halogens is 2. The predicted octanol–water partition coefficient (Wildman–Crippen LogP) is 2.04. The fraction of sp³-hybridized carbons (Fsp3) is 0.800. The summed E-state index contributed by atoms with van der Waals surface area (Å²) in [7, 11) is 1.31. The van der Waals surface area contributed by atoms with Gasteiger partial charge in [0.2, 0.25) is 0 Å². The minimum Gasteiger partial charge on any atom is -0.481 e. The molecule has 0 aliphatic heterocycles. The van der Waals surface area contributed by atoms with Crippen LogP contribution >= 0.6 is 31.9 Å². The van der Waals surface area contributed by atoms with Gasteiger partial charge in [-0.15, -0.1) is 0 Å². The minimum absolute atomic E-state index is 0.0755. The van der Waals surface area contributed by atoms with Crippen LogP contribution in [0.1, 0.15) is 13.8 Å². The normalized spacial score (nSPS) is 30.3. The van der Waals surface area contributed by atoms with Gasteiger partial charge in [-0.05, 0) is 11.3 Å². The first-order chi connectivity index (χ1) is 7.25. The van der Waals surface area contributed by atoms with Crippen LogP contribution in [0, 0.1) is 17.3 Å². The van der Waals surface area contributed by atoms with E-state index in [0.29, 0.717) is 0 Å². The van der Waals surface area contributed by atoms with Crippen molar-refractivity contribution in [2.75, 3.05) is 7.11 Å². The van der Waals surface area contributed by atoms with Gasteiger partial charge in [-0.1, -0.05) is 45.7 Å². The molecule has 4 nitrogen and oxygen atoms in total. The summed E-state index contributed by atoms with van der Waals surface area (Å²) in [6.07, 6.45) is 0. The Balaban J connectivity index is 2.74. The molecule has 0 saturated heterocycles. The maximum Gasteiger partial charge on any atom is 0.320 e. The Kier molecular flexibility index (Phi) is 4.05. The molecule has 1 fully saturated rings. The van der Waals surface area contributed by atoms with E-state index in [0.717, 1.165) is 0 Å². The maximum absolute atomic E-state index is 11.3. The molecule has 0 aromatic rings. The molecule has 92 valence electrons. The van der Waals surface area contributed by atoms with E-state index in [1.54, 1.807) is 0 Å². The van der Waals surface area contributed by atoms with Crippen LogP contribution in [0.25, 0.3) is 0 Å². The van der Waals surface area contributed by atoms with Crippen molar-refractivity contribution < 1.29 is 19.4 Å². The van der Waals surface area contributed by atoms with E-state index in [-0.39, 0.29) is 16.2 Å². The summed E-state index contributed by atoms with van der Waals surface area (Å²) in [5.41, 5.74) is -0.292. The molecule has 0 spiro atoms. The summed E-state index contributed by atoms with van der Waals surface area (Å²) in [6.45, 7) is 3.78. The van der Waals surface area contributed by atoms with E-state index in [2.05, 4.69) is 36.6 Å². The maximum atomic E-state index is 11.3. The lowest BCUT2D eigenvalue weighted by molar-refractivity contribution is -0.141. The number of esters is 1. The van der Waals surface area contributed by atoms with Gasteiger partial charge in [-0.2, -0.15) is 0 Å². The summed E-state index contributed by atoms with van der Waals surface area (Å²) < 4.78 is 4.61. The number of hydrogen-bond donors (Lipinski definition) is 1. The monoisotopic (exact) mass is 356 g/mol. The van der Waals surface area contributed by atoms with Crippen LogP contribution in [-0.2, 0) is 14.3 Å². The molecule has 0 radical (unpaired) electrons. The highest BCUT2D eigenvalue weighted by atomic mass is 79.9. The standard InChI is InChI=1S/C10H14Br2O4/c1-10(2)4(5(10)8(13)14)6(11)7(12)9(15)16-3/h4-7H,1-3H3,(H,13,14). The smallest absolute Gasteiger partial charge is 0.320 e. The van der Waals surface area contributed by atoms with Crippen molar-refractivity contribution in [3.05, 3.63) is 0 Å². The fourth-order valence-electron chi connectivity index (χ4n) is 2.17. The molecule has 1 rings (SSSR count). The minimum atomic E-state index is -0.816. The summed E-state index contributed by atoms with van der Waals surface area (Å²) >= 11 is 6.61. The number of aliphatic carboxylic acids is 1. The molecule has 1 aliphatic rings. The Morgan fingerprint density at radius 1 is 1.38 bits per heavy atom. The summed E-state index contributed by atoms with van der Waals surface area (Å²) in [5, 5.41) is 9.03. The zero-order valence-corrected chi connectivity index (χ0v) is 12.4. The van der Waals surface area contributed by atoms with E-state index in [1.807, 2.05) is 13.8 Å². The molecule has 0 heterocycles. The molecule has 4 unspecified atom stereocenters. The molecular formula is C10H14Br2O4. The Labute approximate surface area is 111 Å². The van der Waals surface area contributed by atoms with Crippen LogP contribution in [0.15, 0.2) is 0 Å². The summed E-state index contributed by atoms with van der Waals surface area (Å²) in [5.74, 6) is -1.70. The van der Waals surface area contributed by atoms with Gasteiger partial charge in [-0.25, -0.2) is 0 Å². The first-order valence-electron chi connectivity index (χ1n) is 4.84. The van der Waals surface area contributed by atoms with E-state index >= 15 is 0 Å². The second kappa shape index (κ2) is 4.64. The van der Waals surface area contributed by atoms with Gasteiger partial charge in [-0.3, -0.25) is 9.59 Å². The molecular weight excluding hydrogens is 344 g/mol. The summed E-state index contributed by atoms with van der Waals surface area (Å²) in [6, 6.07) is 0. The number of rotatable bonds is 4. The van der Waals surface area contributed by atoms with Crippen molar-refractivity contribution in [3.63, 3.8) is 0 Å². The number of carboxylic acids is 1. The van der Waals surface area contributed by atoms with Crippen molar-refractivity contribution in [2.45, 2.75) is 23.5 Å². The number of alkyl halides is 2. The average Bonchev–Trinajstić information content (AvgIpc) is 2.78. The van der Waals surface area contributed by atoms with Gasteiger partial charge in [0.1, 0.15) is 4.83 Å². The number of carboxylic acid groups (broad SMARTS) is 1. The summed E-state index contributed by atoms with van der Waals surface area (Å²) in [4.78, 5) is 21.6. The Morgan fingerprint density at radius 3 is 2.19 bits per heavy atom. The highest BCUT2D eigenvalue weighted by Crippen LogP contribution is 2.62. The third-order valence-electron chi connectivity index (χ3n) is 3.23. The third-order valence-corrected chi connectivity index (χ3v) is 5.98. The van der Waals surface area contributed by atoms with Gasteiger partial charge >= 0.3 is 11.9 Å². The van der Waals surface area contributed by atoms with Gasteiger partial charge in [0.25, 0.3) is 0 Å². The lowest BCUT2D eigenvalue weighted by Gasteiger charge is -2.15. The van der Waals surface area contributed by atoms with Crippen molar-refractivity contribution >= 4 is 43.8 Å². The average molecular weight is 358 g/mol. The SMILES string of the molecule is COC(=O)C(Br)C(Br)C1C(C(=O)O)C1(C)C. The second-order valence-electron chi connectivity index (χ2n) is 4.53. The Hall–Kier alpha value is -0.100. The lowest BCUT2D eigenvalue weighted by atomic mass is 10.1. The van der Waals surface area contributed by atoms with Crippen LogP contribution in [-0.4, -0.2) is 33.8 Å². The molecule has 4 atom stereocenters. The number of carbonyl (C=O) groups is 2. The molecule has 0 aromatic carbocycles. The molecule has 0 aromatic heterocycles. The highest BCUT2D eigenvalue weighted by Gasteiger charge is 2.65. The molecule has 16 heavy (non-hydrogen) atoms. The van der Waals surface area contributed by atoms with Crippen molar-refractivity contribution in [3.8, 4) is 0 Å². The van der Waals surface area contributed by atoms with E-state index < -0.39 is 22.7 Å². The third kappa shape index (κ3) is 2.27. The second-order valence-corrected chi connectivity index (χ2v) is 6.58. The number of ether oxygens (including phenoxy) is 1. The fourth-order valence-corrected chi connectivity index (χ4v) is 3.89. The molecule has 1 aliphatic carbocycles. The number of carbonyl (C=O) groups excluding carboxylic acids is 1. The predicted molar refractivity (Wildman–Crippen MR) is 65.8 cm³/mol. The van der Waals surface area contributed by atoms with Crippen LogP contribution in [0.5, 0.6) is 0 Å². The van der Waals surface area contributed by atoms with Gasteiger partial charge in [0.05, 0.1) is 13.0 Å². The topological polar surface area (TPSA) is 63.6 Å². The lowest BCUT2D eigenvalue weighted by Crippen LogP contribution is -2.28. The first kappa shape index (κ1) is 14.0. The molecule has 0 bridgehead atoms. The van der Waals surface area contributed by atoms with Crippen LogP contribution in [0.3, 0.4) is 0 Å². The molecule has 1 saturated carbocycles. The van der Waals surface area contributed by atoms with Crippen molar-refractivity contribution in [1.29, 1.82) is 0 Å². The zero-order chi connectivity index (χ0) is 12.7. The van der Waals surface area contributed by atoms with Crippen LogP contribution in [0.2, 0.25) is 0 Å². The Bertz CT molecular complexity index is 316. The highest BCUT2D eigenvalue weighted by molar-refractivity contribution is 9.12. The van der Waals surface area contributed by atoms with E-state index in [9.17, 15) is 9.59 Å². The molecule has 1 N–H and O–H groups in total. The number of hydrogen-bond acceptors (Lipinski definition) is 3. The molecule has 6 heteroatoms. The molecule has 0 amide bonds. The van der Waals surface area contributed by atoms with Crippen LogP contribution in [0.4, 0.5) is 0 Å². The van der Waals surface area contributed by atoms with Crippen LogP contribution < -0.4 is 0 Å². The van der Waals surface area contributed by atoms with E-state index in [1.165, 1.54) is 7.11 Å². The van der Waals surface area contributed by atoms with E-state index in [4.69, 9.17) is 5.11 Å². The number of methoxy groups -OCH3 is 1. The first-order valence-corrected chi connectivity index (χ1v) is 6.67. The van der Waals surface area contributed by atoms with Crippen molar-refractivity contribution in [2.24, 2.45) is 17.3 Å². The Morgan fingerprint density at radius 2 is 1.88 bits per heavy atom. The van der Waals surface area contributed by atoms with Gasteiger partial charge < -0.3 is 9.84 Å². The van der Waals surface area contributed by atoms with Gasteiger partial charge in [0.15, 0.2) is 0 Å².